The van der Waals surface area contributed by atoms with Gasteiger partial charge in [0.1, 0.15) is 0 Å². The Kier molecular flexibility index (Phi) is 7.23. The van der Waals surface area contributed by atoms with Gasteiger partial charge in [-0.2, -0.15) is 0 Å². The quantitative estimate of drug-likeness (QED) is 0.567. The van der Waals surface area contributed by atoms with Gasteiger partial charge in [-0.25, -0.2) is 4.79 Å². The van der Waals surface area contributed by atoms with Crippen molar-refractivity contribution in [3.8, 4) is 0 Å². The molecule has 0 heterocycles. The van der Waals surface area contributed by atoms with E-state index in [2.05, 4.69) is 10.6 Å². The molecule has 3 amide bonds. The molecule has 0 aromatic rings. The number of thioether (sulfide) groups is 1. The highest BCUT2D eigenvalue weighted by Gasteiger charge is 2.07. The van der Waals surface area contributed by atoms with Crippen LogP contribution in [0.25, 0.3) is 0 Å². The van der Waals surface area contributed by atoms with Crippen LogP contribution in [0.15, 0.2) is 0 Å². The fourth-order valence-corrected chi connectivity index (χ4v) is 1.22. The lowest BCUT2D eigenvalue weighted by molar-refractivity contribution is -0.117. The van der Waals surface area contributed by atoms with Crippen LogP contribution in [0.1, 0.15) is 13.8 Å². The SMILES string of the molecule is CC(C)NC(=O)NC(=O)CSCCO. The number of hydrogen-bond donors (Lipinski definition) is 3. The van der Waals surface area contributed by atoms with Gasteiger partial charge in [0.05, 0.1) is 12.4 Å². The smallest absolute Gasteiger partial charge is 0.321 e. The van der Waals surface area contributed by atoms with Crippen LogP contribution in [0, 0.1) is 0 Å². The zero-order valence-electron chi connectivity index (χ0n) is 8.37. The number of imide groups is 1. The van der Waals surface area contributed by atoms with Gasteiger partial charge in [-0.15, -0.1) is 11.8 Å². The molecule has 0 aliphatic heterocycles. The summed E-state index contributed by atoms with van der Waals surface area (Å²) in [6, 6.07) is -0.470. The van der Waals surface area contributed by atoms with Crippen molar-refractivity contribution in [1.82, 2.24) is 10.6 Å². The number of carbonyl (C=O) groups excluding carboxylic acids is 2. The third-order valence-electron chi connectivity index (χ3n) is 1.14. The molecular weight excluding hydrogens is 204 g/mol. The van der Waals surface area contributed by atoms with E-state index in [1.165, 1.54) is 11.8 Å². The molecule has 0 radical (unpaired) electrons. The molecule has 3 N–H and O–H groups in total. The summed E-state index contributed by atoms with van der Waals surface area (Å²) in [5.41, 5.74) is 0. The minimum atomic E-state index is -0.477. The van der Waals surface area contributed by atoms with Gasteiger partial charge in [-0.05, 0) is 13.8 Å². The Morgan fingerprint density at radius 1 is 1.43 bits per heavy atom. The van der Waals surface area contributed by atoms with Crippen molar-refractivity contribution in [1.29, 1.82) is 0 Å². The molecule has 82 valence electrons. The van der Waals surface area contributed by atoms with E-state index >= 15 is 0 Å². The summed E-state index contributed by atoms with van der Waals surface area (Å²) in [5, 5.41) is 13.2. The van der Waals surface area contributed by atoms with Crippen LogP contribution in [-0.2, 0) is 4.79 Å². The van der Waals surface area contributed by atoms with Gasteiger partial charge in [-0.3, -0.25) is 10.1 Å². The Hall–Kier alpha value is -0.750. The second kappa shape index (κ2) is 7.64. The first kappa shape index (κ1) is 13.2. The average Bonchev–Trinajstić information content (AvgIpc) is 2.02. The zero-order chi connectivity index (χ0) is 11.0. The summed E-state index contributed by atoms with van der Waals surface area (Å²) >= 11 is 1.28. The number of hydrogen-bond acceptors (Lipinski definition) is 4. The van der Waals surface area contributed by atoms with Crippen molar-refractivity contribution in [2.24, 2.45) is 0 Å². The van der Waals surface area contributed by atoms with Crippen LogP contribution in [0.2, 0.25) is 0 Å². The molecule has 0 fully saturated rings. The van der Waals surface area contributed by atoms with E-state index in [-0.39, 0.29) is 24.3 Å². The molecule has 0 aliphatic rings. The predicted molar refractivity (Wildman–Crippen MR) is 56.2 cm³/mol. The minimum Gasteiger partial charge on any atom is -0.396 e. The third kappa shape index (κ3) is 7.88. The third-order valence-corrected chi connectivity index (χ3v) is 2.08. The molecule has 0 aromatic carbocycles. The number of amides is 3. The topological polar surface area (TPSA) is 78.4 Å². The second-order valence-corrected chi connectivity index (χ2v) is 4.06. The molecule has 14 heavy (non-hydrogen) atoms. The summed E-state index contributed by atoms with van der Waals surface area (Å²) in [6.45, 7) is 3.66. The van der Waals surface area contributed by atoms with E-state index in [4.69, 9.17) is 5.11 Å². The fraction of sp³-hybridized carbons (Fsp3) is 0.750. The van der Waals surface area contributed by atoms with Crippen LogP contribution in [0.3, 0.4) is 0 Å². The van der Waals surface area contributed by atoms with E-state index in [0.717, 1.165) is 0 Å². The number of carbonyl (C=O) groups is 2. The maximum Gasteiger partial charge on any atom is 0.321 e. The number of nitrogens with one attached hydrogen (secondary N) is 2. The molecular formula is C8H16N2O3S. The number of urea groups is 1. The van der Waals surface area contributed by atoms with E-state index in [9.17, 15) is 9.59 Å². The molecule has 6 heteroatoms. The van der Waals surface area contributed by atoms with Crippen LogP contribution >= 0.6 is 11.8 Å². The van der Waals surface area contributed by atoms with Crippen LogP contribution in [0.5, 0.6) is 0 Å². The summed E-state index contributed by atoms with van der Waals surface area (Å²) in [6.07, 6.45) is 0. The Morgan fingerprint density at radius 3 is 2.57 bits per heavy atom. The maximum atomic E-state index is 11.0. The summed E-state index contributed by atoms with van der Waals surface area (Å²) in [4.78, 5) is 22.0. The number of aliphatic hydroxyl groups is 1. The lowest BCUT2D eigenvalue weighted by Gasteiger charge is -2.08. The Labute approximate surface area is 87.6 Å². The first-order valence-electron chi connectivity index (χ1n) is 4.35. The van der Waals surface area contributed by atoms with Crippen LogP contribution < -0.4 is 10.6 Å². The van der Waals surface area contributed by atoms with Crippen molar-refractivity contribution in [2.75, 3.05) is 18.1 Å². The van der Waals surface area contributed by atoms with Crippen molar-refractivity contribution in [2.45, 2.75) is 19.9 Å². The average molecular weight is 220 g/mol. The highest BCUT2D eigenvalue weighted by Crippen LogP contribution is 1.96. The van der Waals surface area contributed by atoms with E-state index in [1.54, 1.807) is 0 Å². The normalized spacial score (nSPS) is 10.0. The molecule has 0 spiro atoms. The highest BCUT2D eigenvalue weighted by molar-refractivity contribution is 7.99. The van der Waals surface area contributed by atoms with Gasteiger partial charge < -0.3 is 10.4 Å². The van der Waals surface area contributed by atoms with E-state index in [1.807, 2.05) is 13.8 Å². The highest BCUT2D eigenvalue weighted by atomic mass is 32.2. The van der Waals surface area contributed by atoms with Gasteiger partial charge in [0, 0.05) is 11.8 Å². The molecule has 0 aliphatic carbocycles. The molecule has 0 bridgehead atoms. The minimum absolute atomic E-state index is 0.00731. The Bertz CT molecular complexity index is 197. The van der Waals surface area contributed by atoms with Gasteiger partial charge in [0.2, 0.25) is 5.91 Å². The molecule has 0 saturated carbocycles. The van der Waals surface area contributed by atoms with Gasteiger partial charge in [0.15, 0.2) is 0 Å². The summed E-state index contributed by atoms with van der Waals surface area (Å²) < 4.78 is 0. The molecule has 0 rings (SSSR count). The van der Waals surface area contributed by atoms with Gasteiger partial charge in [0.25, 0.3) is 0 Å². The van der Waals surface area contributed by atoms with Gasteiger partial charge in [-0.1, -0.05) is 0 Å². The van der Waals surface area contributed by atoms with Crippen molar-refractivity contribution in [3.05, 3.63) is 0 Å². The van der Waals surface area contributed by atoms with Crippen molar-refractivity contribution in [3.63, 3.8) is 0 Å². The fourth-order valence-electron chi connectivity index (χ4n) is 0.690. The zero-order valence-corrected chi connectivity index (χ0v) is 9.19. The van der Waals surface area contributed by atoms with Gasteiger partial charge >= 0.3 is 6.03 Å². The van der Waals surface area contributed by atoms with Crippen molar-refractivity contribution >= 4 is 23.7 Å². The second-order valence-electron chi connectivity index (χ2n) is 2.95. The molecule has 0 saturated heterocycles. The maximum absolute atomic E-state index is 11.0. The predicted octanol–water partition coefficient (Wildman–Crippen LogP) is -0.0539. The first-order chi connectivity index (χ1) is 6.56. The number of aliphatic hydroxyl groups excluding tert-OH is 1. The molecule has 0 unspecified atom stereocenters. The molecule has 5 nitrogen and oxygen atoms in total. The van der Waals surface area contributed by atoms with E-state index < -0.39 is 6.03 Å². The lowest BCUT2D eigenvalue weighted by atomic mass is 10.4. The Morgan fingerprint density at radius 2 is 2.07 bits per heavy atom. The largest absolute Gasteiger partial charge is 0.396 e. The van der Waals surface area contributed by atoms with E-state index in [0.29, 0.717) is 5.75 Å². The van der Waals surface area contributed by atoms with Crippen molar-refractivity contribution < 1.29 is 14.7 Å². The molecule has 0 atom stereocenters. The Balaban J connectivity index is 3.56. The van der Waals surface area contributed by atoms with Crippen LogP contribution in [0.4, 0.5) is 4.79 Å². The summed E-state index contributed by atoms with van der Waals surface area (Å²) in [7, 11) is 0. The first-order valence-corrected chi connectivity index (χ1v) is 5.50. The number of rotatable bonds is 5. The standard InChI is InChI=1S/C8H16N2O3S/c1-6(2)9-8(13)10-7(12)5-14-4-3-11/h6,11H,3-5H2,1-2H3,(H2,9,10,12,13). The molecule has 0 aromatic heterocycles. The monoisotopic (exact) mass is 220 g/mol. The lowest BCUT2D eigenvalue weighted by Crippen LogP contribution is -2.43. The van der Waals surface area contributed by atoms with Crippen LogP contribution in [-0.4, -0.2) is 41.2 Å². The summed E-state index contributed by atoms with van der Waals surface area (Å²) in [5.74, 6) is 0.340.